The Bertz CT molecular complexity index is 497. The summed E-state index contributed by atoms with van der Waals surface area (Å²) in [5, 5.41) is 2.49. The van der Waals surface area contributed by atoms with Crippen molar-refractivity contribution in [2.75, 3.05) is 5.32 Å². The highest BCUT2D eigenvalue weighted by atomic mass is 35.5. The number of nitrogens with one attached hydrogen (secondary N) is 1. The molecule has 2 rings (SSSR count). The molecule has 132 valence electrons. The Morgan fingerprint density at radius 3 is 1.91 bits per heavy atom. The molecule has 0 aliphatic carbocycles. The first-order valence-corrected chi connectivity index (χ1v) is 6.06. The predicted octanol–water partition coefficient (Wildman–Crippen LogP) is 1.86. The monoisotopic (exact) mass is 365 g/mol. The summed E-state index contributed by atoms with van der Waals surface area (Å²) < 4.78 is 0. The van der Waals surface area contributed by atoms with Gasteiger partial charge >= 0.3 is 0 Å². The predicted molar refractivity (Wildman–Crippen MR) is 99.4 cm³/mol. The van der Waals surface area contributed by atoms with Gasteiger partial charge in [-0.05, 0) is 31.5 Å². The molecule has 0 aliphatic rings. The van der Waals surface area contributed by atoms with E-state index in [0.29, 0.717) is 6.41 Å². The molecule has 0 saturated heterocycles. The summed E-state index contributed by atoms with van der Waals surface area (Å²) in [6.07, 6.45) is 3.87. The van der Waals surface area contributed by atoms with E-state index in [1.54, 1.807) is 24.5 Å². The van der Waals surface area contributed by atoms with E-state index < -0.39 is 0 Å². The van der Waals surface area contributed by atoms with Crippen molar-refractivity contribution in [1.29, 1.82) is 0 Å². The number of hydrogen-bond donors (Lipinski definition) is 2. The average molecular weight is 366 g/mol. The molecule has 0 aliphatic heterocycles. The number of aryl methyl sites for hydroxylation is 1. The maximum Gasteiger partial charge on any atom is 0.211 e. The number of amides is 1. The molecule has 0 saturated carbocycles. The Morgan fingerprint density at radius 2 is 1.52 bits per heavy atom. The first kappa shape index (κ1) is 29.3. The van der Waals surface area contributed by atoms with Gasteiger partial charge in [-0.2, -0.15) is 0 Å². The van der Waals surface area contributed by atoms with Crippen LogP contribution in [0.1, 0.15) is 24.1 Å². The molecule has 8 heteroatoms. The van der Waals surface area contributed by atoms with Crippen LogP contribution in [0, 0.1) is 6.92 Å². The van der Waals surface area contributed by atoms with Crippen LogP contribution in [0.4, 0.5) is 5.69 Å². The molecule has 6 nitrogen and oxygen atoms in total. The van der Waals surface area contributed by atoms with Crippen molar-refractivity contribution in [2.24, 2.45) is 5.73 Å². The van der Waals surface area contributed by atoms with E-state index in [2.05, 4.69) is 41.5 Å². The Kier molecular flexibility index (Phi) is 21.3. The van der Waals surface area contributed by atoms with Gasteiger partial charge in [0.2, 0.25) is 6.41 Å². The van der Waals surface area contributed by atoms with E-state index in [4.69, 9.17) is 5.73 Å². The summed E-state index contributed by atoms with van der Waals surface area (Å²) in [5.41, 5.74) is 8.91. The van der Waals surface area contributed by atoms with Crippen LogP contribution < -0.4 is 11.1 Å². The van der Waals surface area contributed by atoms with Gasteiger partial charge in [-0.15, -0.1) is 24.8 Å². The second kappa shape index (κ2) is 16.7. The van der Waals surface area contributed by atoms with Crippen LogP contribution in [0.5, 0.6) is 0 Å². The molecule has 23 heavy (non-hydrogen) atoms. The van der Waals surface area contributed by atoms with Gasteiger partial charge in [0.1, 0.15) is 0 Å². The molecule has 0 radical (unpaired) electrons. The van der Waals surface area contributed by atoms with Crippen molar-refractivity contribution in [3.8, 4) is 0 Å². The number of nitrogens with two attached hydrogens (primary N) is 1. The Balaban J connectivity index is -0.000000134. The van der Waals surface area contributed by atoms with E-state index in [1.807, 2.05) is 6.92 Å². The van der Waals surface area contributed by atoms with Crippen LogP contribution in [0.2, 0.25) is 0 Å². The molecular weight excluding hydrogens is 341 g/mol. The van der Waals surface area contributed by atoms with E-state index >= 15 is 0 Å². The van der Waals surface area contributed by atoms with Crippen molar-refractivity contribution in [3.05, 3.63) is 59.9 Å². The largest absolute Gasteiger partial charge is 0.412 e. The number of pyridine rings is 1. The summed E-state index contributed by atoms with van der Waals surface area (Å²) >= 11 is 0. The summed E-state index contributed by atoms with van der Waals surface area (Å²) in [5.74, 6) is 0. The molecule has 0 spiro atoms. The lowest BCUT2D eigenvalue weighted by atomic mass is 10.1. The Hall–Kier alpha value is -1.70. The maximum absolute atomic E-state index is 9.84. The lowest BCUT2D eigenvalue weighted by Crippen LogP contribution is -2.04. The number of rotatable bonds is 3. The van der Waals surface area contributed by atoms with Crippen molar-refractivity contribution in [3.63, 3.8) is 0 Å². The standard InChI is InChI=1S/C9H13N.C6H6N2O.2ClH.2H2O/c1-7-3-5-9(6-4-7)8(2)10;9-5-8-6-1-3-7-4-2-6;;;;/h3-6,8H,10H2,1-2H3;1-5H,(H,7,8,9);2*1H;2*1H2. The van der Waals surface area contributed by atoms with Gasteiger partial charge in [-0.25, -0.2) is 0 Å². The second-order valence-electron chi connectivity index (χ2n) is 4.20. The van der Waals surface area contributed by atoms with E-state index in [9.17, 15) is 4.79 Å². The van der Waals surface area contributed by atoms with Crippen molar-refractivity contribution in [2.45, 2.75) is 19.9 Å². The van der Waals surface area contributed by atoms with E-state index in [1.165, 1.54) is 11.1 Å². The SMILES string of the molecule is Cc1ccc(C(C)N)cc1.Cl.Cl.O.O.O=CNc1ccncc1. The van der Waals surface area contributed by atoms with E-state index in [-0.39, 0.29) is 41.8 Å². The highest BCUT2D eigenvalue weighted by Gasteiger charge is 1.95. The van der Waals surface area contributed by atoms with Crippen LogP contribution >= 0.6 is 24.8 Å². The summed E-state index contributed by atoms with van der Waals surface area (Å²) in [4.78, 5) is 13.6. The first-order chi connectivity index (χ1) is 9.13. The maximum atomic E-state index is 9.84. The van der Waals surface area contributed by atoms with E-state index in [0.717, 1.165) is 5.69 Å². The third kappa shape index (κ3) is 12.5. The average Bonchev–Trinajstić information content (AvgIpc) is 2.41. The first-order valence-electron chi connectivity index (χ1n) is 6.06. The van der Waals surface area contributed by atoms with Gasteiger partial charge in [0.05, 0.1) is 0 Å². The molecule has 2 aromatic rings. The van der Waals surface area contributed by atoms with Gasteiger partial charge < -0.3 is 22.0 Å². The number of hydrogen-bond acceptors (Lipinski definition) is 3. The quantitative estimate of drug-likeness (QED) is 0.804. The number of halogens is 2. The van der Waals surface area contributed by atoms with Gasteiger partial charge in [0, 0.05) is 24.1 Å². The zero-order chi connectivity index (χ0) is 14.1. The highest BCUT2D eigenvalue weighted by molar-refractivity contribution is 5.85. The fraction of sp³-hybridized carbons (Fsp3) is 0.200. The van der Waals surface area contributed by atoms with Gasteiger partial charge in [-0.1, -0.05) is 29.8 Å². The van der Waals surface area contributed by atoms with Gasteiger partial charge in [0.25, 0.3) is 0 Å². The zero-order valence-electron chi connectivity index (χ0n) is 13.0. The number of anilines is 1. The van der Waals surface area contributed by atoms with Crippen LogP contribution in [-0.4, -0.2) is 22.3 Å². The molecule has 1 atom stereocenters. The van der Waals surface area contributed by atoms with Crippen molar-refractivity contribution in [1.82, 2.24) is 4.98 Å². The molecule has 1 aromatic carbocycles. The molecule has 0 bridgehead atoms. The third-order valence-corrected chi connectivity index (χ3v) is 2.51. The molecule has 1 heterocycles. The fourth-order valence-corrected chi connectivity index (χ4v) is 1.39. The lowest BCUT2D eigenvalue weighted by molar-refractivity contribution is -0.105. The smallest absolute Gasteiger partial charge is 0.211 e. The lowest BCUT2D eigenvalue weighted by Gasteiger charge is -2.03. The third-order valence-electron chi connectivity index (χ3n) is 2.51. The molecule has 1 amide bonds. The van der Waals surface area contributed by atoms with Crippen LogP contribution in [0.15, 0.2) is 48.8 Å². The summed E-state index contributed by atoms with van der Waals surface area (Å²) in [6.45, 7) is 4.07. The van der Waals surface area contributed by atoms with Crippen LogP contribution in [0.25, 0.3) is 0 Å². The topological polar surface area (TPSA) is 131 Å². The minimum Gasteiger partial charge on any atom is -0.412 e. The zero-order valence-corrected chi connectivity index (χ0v) is 14.7. The Labute approximate surface area is 148 Å². The number of carbonyl (C=O) groups excluding carboxylic acids is 1. The molecule has 0 fully saturated rings. The minimum atomic E-state index is 0. The second-order valence-corrected chi connectivity index (χ2v) is 4.20. The number of aromatic nitrogens is 1. The fourth-order valence-electron chi connectivity index (χ4n) is 1.39. The van der Waals surface area contributed by atoms with Gasteiger partial charge in [-0.3, -0.25) is 9.78 Å². The van der Waals surface area contributed by atoms with Crippen LogP contribution in [-0.2, 0) is 4.79 Å². The normalized spacial score (nSPS) is 9.00. The molecular formula is C15H25Cl2N3O3. The number of carbonyl (C=O) groups is 1. The molecule has 1 unspecified atom stereocenters. The van der Waals surface area contributed by atoms with Crippen LogP contribution in [0.3, 0.4) is 0 Å². The summed E-state index contributed by atoms with van der Waals surface area (Å²) in [6, 6.07) is 11.9. The van der Waals surface area contributed by atoms with Crippen molar-refractivity contribution >= 4 is 36.9 Å². The molecule has 7 N–H and O–H groups in total. The Morgan fingerprint density at radius 1 is 1.04 bits per heavy atom. The minimum absolute atomic E-state index is 0. The molecule has 1 aromatic heterocycles. The van der Waals surface area contributed by atoms with Crippen molar-refractivity contribution < 1.29 is 15.7 Å². The van der Waals surface area contributed by atoms with Gasteiger partial charge in [0.15, 0.2) is 0 Å². The number of nitrogens with zero attached hydrogens (tertiary/aromatic N) is 1. The number of benzene rings is 1. The summed E-state index contributed by atoms with van der Waals surface area (Å²) in [7, 11) is 0. The highest BCUT2D eigenvalue weighted by Crippen LogP contribution is 2.09.